The van der Waals surface area contributed by atoms with Crippen LogP contribution in [0.4, 0.5) is 18.0 Å². The zero-order chi connectivity index (χ0) is 28.3. The van der Waals surface area contributed by atoms with Gasteiger partial charge < -0.3 is 20.1 Å². The van der Waals surface area contributed by atoms with E-state index in [-0.39, 0.29) is 18.0 Å². The largest absolute Gasteiger partial charge is 0.496 e. The number of ether oxygens (including phenoxy) is 2. The number of hydrogen-bond acceptors (Lipinski definition) is 6. The van der Waals surface area contributed by atoms with Gasteiger partial charge in [-0.1, -0.05) is 18.2 Å². The lowest BCUT2D eigenvalue weighted by Crippen LogP contribution is -2.46. The molecule has 2 N–H and O–H groups in total. The van der Waals surface area contributed by atoms with E-state index in [2.05, 4.69) is 15.5 Å². The minimum absolute atomic E-state index is 0.139. The van der Waals surface area contributed by atoms with E-state index in [4.69, 9.17) is 9.47 Å². The molecule has 216 valence electrons. The van der Waals surface area contributed by atoms with E-state index < -0.39 is 17.3 Å². The average molecular weight is 561 g/mol. The Kier molecular flexibility index (Phi) is 8.23. The van der Waals surface area contributed by atoms with E-state index in [9.17, 15) is 22.8 Å². The van der Waals surface area contributed by atoms with Crippen LogP contribution in [0.1, 0.15) is 52.7 Å². The molecule has 3 heterocycles. The second-order valence-corrected chi connectivity index (χ2v) is 10.9. The number of carbonyl (C=O) groups excluding carboxylic acids is 2. The van der Waals surface area contributed by atoms with E-state index in [1.807, 2.05) is 6.07 Å². The molecule has 0 unspecified atom stereocenters. The second kappa shape index (κ2) is 11.7. The fraction of sp³-hybridized carbons (Fsp3) is 0.517. The smallest absolute Gasteiger partial charge is 0.416 e. The molecule has 0 saturated carbocycles. The number of hydrogen-bond donors (Lipinski definition) is 2. The van der Waals surface area contributed by atoms with Gasteiger partial charge in [-0.2, -0.15) is 13.2 Å². The summed E-state index contributed by atoms with van der Waals surface area (Å²) in [6.45, 7) is 4.41. The molecule has 1 spiro atoms. The number of methoxy groups -OCH3 is 1. The van der Waals surface area contributed by atoms with E-state index in [0.717, 1.165) is 49.2 Å². The summed E-state index contributed by atoms with van der Waals surface area (Å²) >= 11 is 0. The maximum Gasteiger partial charge on any atom is 0.416 e. The molecule has 2 aromatic rings. The van der Waals surface area contributed by atoms with E-state index in [1.165, 1.54) is 12.1 Å². The number of nitrogens with one attached hydrogen (secondary N) is 2. The highest BCUT2D eigenvalue weighted by Crippen LogP contribution is 2.36. The van der Waals surface area contributed by atoms with Crippen LogP contribution in [0.3, 0.4) is 0 Å². The number of likely N-dealkylation sites (tertiary alicyclic amines) is 1. The van der Waals surface area contributed by atoms with Gasteiger partial charge in [-0.25, -0.2) is 4.79 Å². The molecule has 40 heavy (non-hydrogen) atoms. The van der Waals surface area contributed by atoms with Gasteiger partial charge in [0.1, 0.15) is 11.4 Å². The van der Waals surface area contributed by atoms with Crippen LogP contribution in [-0.4, -0.2) is 73.3 Å². The lowest BCUT2D eigenvalue weighted by Gasteiger charge is -2.37. The van der Waals surface area contributed by atoms with Gasteiger partial charge in [0.15, 0.2) is 0 Å². The molecule has 0 radical (unpaired) electrons. The third-order valence-corrected chi connectivity index (χ3v) is 8.08. The molecule has 2 aromatic carbocycles. The quantitative estimate of drug-likeness (QED) is 0.529. The van der Waals surface area contributed by atoms with Gasteiger partial charge in [0, 0.05) is 49.6 Å². The average Bonchev–Trinajstić information content (AvgIpc) is 3.24. The van der Waals surface area contributed by atoms with Gasteiger partial charge in [-0.15, -0.1) is 0 Å². The van der Waals surface area contributed by atoms with Crippen LogP contribution in [0.25, 0.3) is 0 Å². The molecule has 0 atom stereocenters. The first-order chi connectivity index (χ1) is 19.1. The Morgan fingerprint density at radius 3 is 2.45 bits per heavy atom. The van der Waals surface area contributed by atoms with Crippen LogP contribution in [0.2, 0.25) is 0 Å². The summed E-state index contributed by atoms with van der Waals surface area (Å²) in [7, 11) is 1.55. The maximum absolute atomic E-state index is 12.8. The number of amides is 2. The molecule has 3 aliphatic rings. The summed E-state index contributed by atoms with van der Waals surface area (Å²) in [6, 6.07) is 10.7. The fourth-order valence-electron chi connectivity index (χ4n) is 5.71. The predicted molar refractivity (Wildman–Crippen MR) is 142 cm³/mol. The predicted octanol–water partition coefficient (Wildman–Crippen LogP) is 4.18. The molecular formula is C29H35F3N4O4. The van der Waals surface area contributed by atoms with E-state index >= 15 is 0 Å². The molecule has 3 fully saturated rings. The first kappa shape index (κ1) is 28.2. The summed E-state index contributed by atoms with van der Waals surface area (Å²) < 4.78 is 50.0. The zero-order valence-corrected chi connectivity index (χ0v) is 22.6. The molecule has 8 nitrogen and oxygen atoms in total. The van der Waals surface area contributed by atoms with Crippen molar-refractivity contribution in [2.75, 3.05) is 39.8 Å². The molecule has 11 heteroatoms. The topological polar surface area (TPSA) is 83.1 Å². The number of halogens is 3. The van der Waals surface area contributed by atoms with Crippen molar-refractivity contribution in [1.82, 2.24) is 20.4 Å². The minimum Gasteiger partial charge on any atom is -0.496 e. The van der Waals surface area contributed by atoms with Crippen molar-refractivity contribution in [1.29, 1.82) is 0 Å². The number of carbonyl (C=O) groups is 2. The first-order valence-electron chi connectivity index (χ1n) is 13.7. The maximum atomic E-state index is 12.8. The zero-order valence-electron chi connectivity index (χ0n) is 22.6. The fourth-order valence-corrected chi connectivity index (χ4v) is 5.71. The van der Waals surface area contributed by atoms with Crippen LogP contribution in [-0.2, 0) is 24.0 Å². The van der Waals surface area contributed by atoms with Gasteiger partial charge >= 0.3 is 12.3 Å². The third kappa shape index (κ3) is 6.52. The van der Waals surface area contributed by atoms with Gasteiger partial charge in [0.25, 0.3) is 5.91 Å². The lowest BCUT2D eigenvalue weighted by molar-refractivity contribution is -0.137. The Labute approximate surface area is 231 Å². The van der Waals surface area contributed by atoms with Crippen molar-refractivity contribution in [2.45, 2.75) is 56.6 Å². The molecular weight excluding hydrogens is 525 g/mol. The van der Waals surface area contributed by atoms with Crippen molar-refractivity contribution in [3.05, 3.63) is 64.7 Å². The summed E-state index contributed by atoms with van der Waals surface area (Å²) in [5.74, 6) is 0.400. The van der Waals surface area contributed by atoms with Crippen molar-refractivity contribution < 1.29 is 32.2 Å². The van der Waals surface area contributed by atoms with Crippen LogP contribution >= 0.6 is 0 Å². The summed E-state index contributed by atoms with van der Waals surface area (Å²) in [5, 5.41) is 6.37. The molecule has 5 rings (SSSR count). The molecule has 2 amide bonds. The van der Waals surface area contributed by atoms with Gasteiger partial charge in [-0.3, -0.25) is 14.6 Å². The highest BCUT2D eigenvalue weighted by Gasteiger charge is 2.47. The normalized spacial score (nSPS) is 20.0. The summed E-state index contributed by atoms with van der Waals surface area (Å²) in [6.07, 6.45) is -1.65. The highest BCUT2D eigenvalue weighted by molar-refractivity contribution is 5.95. The van der Waals surface area contributed by atoms with Crippen LogP contribution in [0.15, 0.2) is 42.5 Å². The Balaban J connectivity index is 1.16. The number of nitrogens with zero attached hydrogens (tertiary/aromatic N) is 2. The number of benzene rings is 2. The van der Waals surface area contributed by atoms with Crippen molar-refractivity contribution >= 4 is 12.0 Å². The van der Waals surface area contributed by atoms with Crippen molar-refractivity contribution in [3.8, 4) is 5.75 Å². The van der Waals surface area contributed by atoms with E-state index in [0.29, 0.717) is 56.9 Å². The van der Waals surface area contributed by atoms with Crippen LogP contribution in [0, 0.1) is 0 Å². The van der Waals surface area contributed by atoms with Crippen molar-refractivity contribution in [2.24, 2.45) is 0 Å². The Morgan fingerprint density at radius 2 is 1.80 bits per heavy atom. The Hall–Kier alpha value is -3.31. The van der Waals surface area contributed by atoms with Gasteiger partial charge in [0.2, 0.25) is 0 Å². The van der Waals surface area contributed by atoms with Gasteiger partial charge in [0.05, 0.1) is 25.8 Å². The molecule has 0 aliphatic carbocycles. The lowest BCUT2D eigenvalue weighted by atomic mass is 9.91. The standard InChI is InChI=1S/C29H35F3N4O4/c1-39-25-16-21(26(37)34-24-8-12-33-13-9-24)4-5-22(25)18-36-19-28(40-27(36)38)10-14-35(15-11-28)17-20-2-6-23(7-3-20)29(30,31)32/h2-7,16,24,33H,8-15,17-19H2,1H3,(H,34,37). The molecule has 3 saturated heterocycles. The summed E-state index contributed by atoms with van der Waals surface area (Å²) in [4.78, 5) is 29.4. The molecule has 3 aliphatic heterocycles. The first-order valence-corrected chi connectivity index (χ1v) is 13.7. The van der Waals surface area contributed by atoms with Gasteiger partial charge in [-0.05, 0) is 55.8 Å². The van der Waals surface area contributed by atoms with E-state index in [1.54, 1.807) is 24.1 Å². The number of alkyl halides is 3. The van der Waals surface area contributed by atoms with Crippen LogP contribution < -0.4 is 15.4 Å². The highest BCUT2D eigenvalue weighted by atomic mass is 19.4. The Morgan fingerprint density at radius 1 is 1.10 bits per heavy atom. The third-order valence-electron chi connectivity index (χ3n) is 8.08. The Bertz CT molecular complexity index is 1210. The number of rotatable bonds is 7. The number of piperidine rings is 2. The van der Waals surface area contributed by atoms with Crippen LogP contribution in [0.5, 0.6) is 5.75 Å². The SMILES string of the molecule is COc1cc(C(=O)NC2CCNCC2)ccc1CN1CC2(CCN(Cc3ccc(C(F)(F)F)cc3)CC2)OC1=O. The summed E-state index contributed by atoms with van der Waals surface area (Å²) in [5.41, 5.74) is 0.873. The second-order valence-electron chi connectivity index (χ2n) is 10.9. The minimum atomic E-state index is -4.35. The molecule has 0 aromatic heterocycles. The molecule has 0 bridgehead atoms. The van der Waals surface area contributed by atoms with Crippen molar-refractivity contribution in [3.63, 3.8) is 0 Å². The monoisotopic (exact) mass is 560 g/mol.